The molecule has 0 radical (unpaired) electrons. The third-order valence-corrected chi connectivity index (χ3v) is 8.82. The second-order valence-corrected chi connectivity index (χ2v) is 10.3. The molecule has 28 heavy (non-hydrogen) atoms. The van der Waals surface area contributed by atoms with E-state index in [2.05, 4.69) is 28.4 Å². The molecule has 3 nitrogen and oxygen atoms in total. The SMILES string of the molecule is O=C(NC[C@H](c1ccccc1Cl)N1CCCC1)c1ccc(C2SCCS2)cc1. The highest BCUT2D eigenvalue weighted by atomic mass is 35.5. The number of carbonyl (C=O) groups is 1. The Morgan fingerprint density at radius 3 is 2.43 bits per heavy atom. The van der Waals surface area contributed by atoms with Gasteiger partial charge in [-0.15, -0.1) is 23.5 Å². The predicted molar refractivity (Wildman–Crippen MR) is 121 cm³/mol. The van der Waals surface area contributed by atoms with Crippen LogP contribution in [-0.2, 0) is 0 Å². The van der Waals surface area contributed by atoms with Gasteiger partial charge >= 0.3 is 0 Å². The fourth-order valence-electron chi connectivity index (χ4n) is 3.87. The molecule has 2 heterocycles. The molecule has 0 unspecified atom stereocenters. The summed E-state index contributed by atoms with van der Waals surface area (Å²) >= 11 is 10.4. The molecule has 2 aliphatic heterocycles. The van der Waals surface area contributed by atoms with Crippen molar-refractivity contribution in [2.75, 3.05) is 31.1 Å². The molecule has 0 spiro atoms. The van der Waals surface area contributed by atoms with Gasteiger partial charge < -0.3 is 5.32 Å². The summed E-state index contributed by atoms with van der Waals surface area (Å²) < 4.78 is 0.511. The Morgan fingerprint density at radius 1 is 1.07 bits per heavy atom. The third-order valence-electron chi connectivity index (χ3n) is 5.37. The monoisotopic (exact) mass is 432 g/mol. The Kier molecular flexibility index (Phi) is 6.89. The zero-order valence-corrected chi connectivity index (χ0v) is 18.2. The van der Waals surface area contributed by atoms with E-state index in [0.717, 1.165) is 29.2 Å². The summed E-state index contributed by atoms with van der Waals surface area (Å²) in [7, 11) is 0. The van der Waals surface area contributed by atoms with Gasteiger partial charge in [0.25, 0.3) is 5.91 Å². The third kappa shape index (κ3) is 4.70. The average molecular weight is 433 g/mol. The van der Waals surface area contributed by atoms with Crippen molar-refractivity contribution in [3.63, 3.8) is 0 Å². The standard InChI is InChI=1S/C22H25ClN2OS2/c23-19-6-2-1-5-18(19)20(25-11-3-4-12-25)15-24-21(26)16-7-9-17(10-8-16)22-27-13-14-28-22/h1-2,5-10,20,22H,3-4,11-15H2,(H,24,26)/t20-/m1/s1. The van der Waals surface area contributed by atoms with E-state index in [1.54, 1.807) is 0 Å². The molecule has 6 heteroatoms. The van der Waals surface area contributed by atoms with Crippen LogP contribution < -0.4 is 5.32 Å². The summed E-state index contributed by atoms with van der Waals surface area (Å²) in [6.07, 6.45) is 2.40. The zero-order valence-electron chi connectivity index (χ0n) is 15.8. The molecular weight excluding hydrogens is 408 g/mol. The van der Waals surface area contributed by atoms with Crippen molar-refractivity contribution in [1.82, 2.24) is 10.2 Å². The molecule has 1 N–H and O–H groups in total. The molecule has 0 saturated carbocycles. The molecule has 4 rings (SSSR count). The Bertz CT molecular complexity index is 802. The van der Waals surface area contributed by atoms with Gasteiger partial charge in [-0.1, -0.05) is 41.9 Å². The van der Waals surface area contributed by atoms with Gasteiger partial charge in [-0.25, -0.2) is 0 Å². The lowest BCUT2D eigenvalue weighted by Gasteiger charge is -2.29. The molecule has 1 amide bonds. The smallest absolute Gasteiger partial charge is 0.251 e. The van der Waals surface area contributed by atoms with E-state index < -0.39 is 0 Å². The van der Waals surface area contributed by atoms with Gasteiger partial charge in [-0.3, -0.25) is 9.69 Å². The van der Waals surface area contributed by atoms with Gasteiger partial charge in [-0.05, 0) is 55.3 Å². The summed E-state index contributed by atoms with van der Waals surface area (Å²) in [5.41, 5.74) is 3.11. The first-order valence-electron chi connectivity index (χ1n) is 9.82. The van der Waals surface area contributed by atoms with E-state index in [4.69, 9.17) is 11.6 Å². The molecule has 0 aliphatic carbocycles. The van der Waals surface area contributed by atoms with Crippen LogP contribution in [0, 0.1) is 0 Å². The maximum absolute atomic E-state index is 12.7. The van der Waals surface area contributed by atoms with Crippen LogP contribution in [0.4, 0.5) is 0 Å². The Morgan fingerprint density at radius 2 is 1.75 bits per heavy atom. The Labute approximate surface area is 180 Å². The van der Waals surface area contributed by atoms with E-state index >= 15 is 0 Å². The van der Waals surface area contributed by atoms with Gasteiger partial charge in [0.1, 0.15) is 0 Å². The van der Waals surface area contributed by atoms with Crippen LogP contribution in [-0.4, -0.2) is 41.9 Å². The van der Waals surface area contributed by atoms with E-state index in [1.807, 2.05) is 53.9 Å². The quantitative estimate of drug-likeness (QED) is 0.663. The highest BCUT2D eigenvalue weighted by molar-refractivity contribution is 8.19. The Balaban J connectivity index is 1.43. The van der Waals surface area contributed by atoms with Crippen molar-refractivity contribution in [2.45, 2.75) is 23.5 Å². The molecule has 2 aromatic carbocycles. The first kappa shape index (κ1) is 20.1. The van der Waals surface area contributed by atoms with Gasteiger partial charge in [0.05, 0.1) is 10.6 Å². The van der Waals surface area contributed by atoms with Gasteiger partial charge in [0.15, 0.2) is 0 Å². The molecule has 2 saturated heterocycles. The predicted octanol–water partition coefficient (Wildman–Crippen LogP) is 5.39. The number of hydrogen-bond donors (Lipinski definition) is 1. The van der Waals surface area contributed by atoms with Crippen molar-refractivity contribution in [1.29, 1.82) is 0 Å². The number of hydrogen-bond acceptors (Lipinski definition) is 4. The zero-order chi connectivity index (χ0) is 19.3. The van der Waals surface area contributed by atoms with Crippen molar-refractivity contribution in [3.05, 3.63) is 70.2 Å². The minimum atomic E-state index is -0.0190. The van der Waals surface area contributed by atoms with E-state index in [9.17, 15) is 4.79 Å². The minimum absolute atomic E-state index is 0.0190. The summed E-state index contributed by atoms with van der Waals surface area (Å²) in [6.45, 7) is 2.67. The van der Waals surface area contributed by atoms with E-state index in [1.165, 1.54) is 29.9 Å². The first-order chi connectivity index (χ1) is 13.7. The highest BCUT2D eigenvalue weighted by Crippen LogP contribution is 2.45. The van der Waals surface area contributed by atoms with Crippen LogP contribution in [0.15, 0.2) is 48.5 Å². The van der Waals surface area contributed by atoms with Gasteiger partial charge in [0, 0.05) is 28.6 Å². The van der Waals surface area contributed by atoms with Crippen LogP contribution in [0.3, 0.4) is 0 Å². The summed E-state index contributed by atoms with van der Waals surface area (Å²) in [6, 6.07) is 16.2. The van der Waals surface area contributed by atoms with Crippen LogP contribution in [0.2, 0.25) is 5.02 Å². The molecule has 1 atom stereocenters. The first-order valence-corrected chi connectivity index (χ1v) is 12.3. The van der Waals surface area contributed by atoms with Crippen LogP contribution >= 0.6 is 35.1 Å². The second-order valence-electron chi connectivity index (χ2n) is 7.19. The molecule has 0 aromatic heterocycles. The number of carbonyl (C=O) groups excluding carboxylic acids is 1. The van der Waals surface area contributed by atoms with Crippen LogP contribution in [0.5, 0.6) is 0 Å². The number of nitrogens with one attached hydrogen (secondary N) is 1. The number of amides is 1. The second kappa shape index (κ2) is 9.57. The molecule has 2 aliphatic rings. The molecule has 0 bridgehead atoms. The number of nitrogens with zero attached hydrogens (tertiary/aromatic N) is 1. The topological polar surface area (TPSA) is 32.3 Å². The minimum Gasteiger partial charge on any atom is -0.350 e. The van der Waals surface area contributed by atoms with Crippen molar-refractivity contribution < 1.29 is 4.79 Å². The average Bonchev–Trinajstić information content (AvgIpc) is 3.44. The number of rotatable bonds is 6. The normalized spacial score (nSPS) is 19.0. The molecule has 2 fully saturated rings. The van der Waals surface area contributed by atoms with Crippen LogP contribution in [0.1, 0.15) is 45.0 Å². The number of thioether (sulfide) groups is 2. The molecular formula is C22H25ClN2OS2. The van der Waals surface area contributed by atoms with Gasteiger partial charge in [-0.2, -0.15) is 0 Å². The maximum Gasteiger partial charge on any atom is 0.251 e. The summed E-state index contributed by atoms with van der Waals surface area (Å²) in [5, 5.41) is 3.91. The van der Waals surface area contributed by atoms with Crippen molar-refractivity contribution in [3.8, 4) is 0 Å². The number of likely N-dealkylation sites (tertiary alicyclic amines) is 1. The summed E-state index contributed by atoms with van der Waals surface area (Å²) in [5.74, 6) is 2.39. The Hall–Kier alpha value is -1.14. The number of halogens is 1. The van der Waals surface area contributed by atoms with E-state index in [-0.39, 0.29) is 11.9 Å². The van der Waals surface area contributed by atoms with Crippen molar-refractivity contribution in [2.24, 2.45) is 0 Å². The largest absolute Gasteiger partial charge is 0.350 e. The lowest BCUT2D eigenvalue weighted by atomic mass is 10.0. The lowest BCUT2D eigenvalue weighted by Crippen LogP contribution is -2.37. The molecule has 148 valence electrons. The van der Waals surface area contributed by atoms with Crippen molar-refractivity contribution >= 4 is 41.0 Å². The van der Waals surface area contributed by atoms with Crippen LogP contribution in [0.25, 0.3) is 0 Å². The fourth-order valence-corrected chi connectivity index (χ4v) is 6.99. The van der Waals surface area contributed by atoms with Gasteiger partial charge in [0.2, 0.25) is 0 Å². The van der Waals surface area contributed by atoms with E-state index in [0.29, 0.717) is 11.1 Å². The molecule has 2 aromatic rings. The number of benzene rings is 2. The highest BCUT2D eigenvalue weighted by Gasteiger charge is 2.26. The fraction of sp³-hybridized carbons (Fsp3) is 0.409. The lowest BCUT2D eigenvalue weighted by molar-refractivity contribution is 0.0938. The maximum atomic E-state index is 12.7. The summed E-state index contributed by atoms with van der Waals surface area (Å²) in [4.78, 5) is 15.2.